The fraction of sp³-hybridized carbons (Fsp3) is 0.385. The maximum absolute atomic E-state index is 12.0. The average Bonchev–Trinajstić information content (AvgIpc) is 2.26. The normalized spacial score (nSPS) is 17.6. The minimum atomic E-state index is -4.72. The maximum Gasteiger partial charge on any atom is 0.573 e. The van der Waals surface area contributed by atoms with Crippen LogP contribution in [0, 0.1) is 0 Å². The highest BCUT2D eigenvalue weighted by atomic mass is 19.4. The van der Waals surface area contributed by atoms with Crippen LogP contribution < -0.4 is 4.74 Å². The van der Waals surface area contributed by atoms with E-state index in [4.69, 9.17) is 0 Å². The Hall–Kier alpha value is -1.85. The molecular weight excluding hydrogens is 261 g/mol. The molecule has 19 heavy (non-hydrogen) atoms. The summed E-state index contributed by atoms with van der Waals surface area (Å²) in [7, 11) is 0. The quantitative estimate of drug-likeness (QED) is 0.777. The zero-order valence-corrected chi connectivity index (χ0v) is 9.87. The molecule has 0 saturated heterocycles. The number of hydrogen-bond donors (Lipinski definition) is 0. The maximum atomic E-state index is 12.0. The van der Waals surface area contributed by atoms with Crippen LogP contribution in [0.5, 0.6) is 5.75 Å². The predicted molar refractivity (Wildman–Crippen MR) is 59.7 cm³/mol. The fourth-order valence-corrected chi connectivity index (χ4v) is 2.16. The SMILES string of the molecule is O=C1CC(=O)CC(c2ccc(OC(F)(F)F)cc2)C1. The van der Waals surface area contributed by atoms with Gasteiger partial charge in [-0.1, -0.05) is 12.1 Å². The number of ketones is 2. The summed E-state index contributed by atoms with van der Waals surface area (Å²) < 4.78 is 39.7. The van der Waals surface area contributed by atoms with E-state index in [1.165, 1.54) is 24.3 Å². The van der Waals surface area contributed by atoms with Gasteiger partial charge >= 0.3 is 6.36 Å². The van der Waals surface area contributed by atoms with Crippen LogP contribution in [0.4, 0.5) is 13.2 Å². The number of halogens is 3. The summed E-state index contributed by atoms with van der Waals surface area (Å²) in [5.41, 5.74) is 0.677. The lowest BCUT2D eigenvalue weighted by Crippen LogP contribution is -2.21. The zero-order chi connectivity index (χ0) is 14.0. The number of rotatable bonds is 2. The number of carbonyl (C=O) groups excluding carboxylic acids is 2. The largest absolute Gasteiger partial charge is 0.573 e. The first kappa shape index (κ1) is 13.6. The van der Waals surface area contributed by atoms with Crippen molar-refractivity contribution in [3.8, 4) is 5.75 Å². The molecule has 0 aromatic heterocycles. The molecule has 0 amide bonds. The molecule has 0 unspecified atom stereocenters. The van der Waals surface area contributed by atoms with Crippen LogP contribution in [0.25, 0.3) is 0 Å². The van der Waals surface area contributed by atoms with Gasteiger partial charge in [0.15, 0.2) is 0 Å². The molecule has 1 aliphatic rings. The monoisotopic (exact) mass is 272 g/mol. The van der Waals surface area contributed by atoms with Gasteiger partial charge < -0.3 is 4.74 Å². The van der Waals surface area contributed by atoms with Crippen molar-refractivity contribution in [2.24, 2.45) is 0 Å². The molecule has 102 valence electrons. The van der Waals surface area contributed by atoms with E-state index in [2.05, 4.69) is 4.74 Å². The first-order valence-electron chi connectivity index (χ1n) is 5.72. The van der Waals surface area contributed by atoms with E-state index in [1.807, 2.05) is 0 Å². The average molecular weight is 272 g/mol. The minimum Gasteiger partial charge on any atom is -0.406 e. The van der Waals surface area contributed by atoms with Gasteiger partial charge in [0, 0.05) is 12.8 Å². The van der Waals surface area contributed by atoms with Crippen molar-refractivity contribution in [1.82, 2.24) is 0 Å². The van der Waals surface area contributed by atoms with Crippen molar-refractivity contribution in [2.75, 3.05) is 0 Å². The topological polar surface area (TPSA) is 43.4 Å². The Kier molecular flexibility index (Phi) is 3.59. The molecule has 1 saturated carbocycles. The molecule has 6 heteroatoms. The van der Waals surface area contributed by atoms with Crippen LogP contribution in [0.3, 0.4) is 0 Å². The van der Waals surface area contributed by atoms with Gasteiger partial charge in [-0.3, -0.25) is 9.59 Å². The molecule has 0 bridgehead atoms. The summed E-state index contributed by atoms with van der Waals surface area (Å²) in [5, 5.41) is 0. The molecule has 0 atom stereocenters. The Bertz CT molecular complexity index is 475. The molecule has 0 heterocycles. The number of carbonyl (C=O) groups is 2. The van der Waals surface area contributed by atoms with Crippen LogP contribution in [0.1, 0.15) is 30.7 Å². The van der Waals surface area contributed by atoms with E-state index in [0.717, 1.165) is 0 Å². The molecular formula is C13H11F3O3. The Morgan fingerprint density at radius 2 is 1.53 bits per heavy atom. The number of hydrogen-bond acceptors (Lipinski definition) is 3. The Morgan fingerprint density at radius 3 is 2.00 bits per heavy atom. The second-order valence-electron chi connectivity index (χ2n) is 4.48. The third kappa shape index (κ3) is 3.81. The van der Waals surface area contributed by atoms with Gasteiger partial charge in [-0.25, -0.2) is 0 Å². The second kappa shape index (κ2) is 5.03. The Balaban J connectivity index is 2.10. The van der Waals surface area contributed by atoms with Crippen molar-refractivity contribution >= 4 is 11.6 Å². The highest BCUT2D eigenvalue weighted by molar-refractivity contribution is 6.02. The molecule has 0 spiro atoms. The zero-order valence-electron chi connectivity index (χ0n) is 9.87. The molecule has 1 aromatic carbocycles. The van der Waals surface area contributed by atoms with Crippen molar-refractivity contribution < 1.29 is 27.5 Å². The van der Waals surface area contributed by atoms with E-state index < -0.39 is 6.36 Å². The van der Waals surface area contributed by atoms with E-state index in [-0.39, 0.29) is 42.5 Å². The smallest absolute Gasteiger partial charge is 0.406 e. The van der Waals surface area contributed by atoms with E-state index in [9.17, 15) is 22.8 Å². The van der Waals surface area contributed by atoms with E-state index in [1.54, 1.807) is 0 Å². The molecule has 2 rings (SSSR count). The van der Waals surface area contributed by atoms with Gasteiger partial charge in [0.05, 0.1) is 6.42 Å². The first-order valence-corrected chi connectivity index (χ1v) is 5.72. The Labute approximate surface area is 107 Å². The van der Waals surface area contributed by atoms with Crippen LogP contribution >= 0.6 is 0 Å². The van der Waals surface area contributed by atoms with Crippen molar-refractivity contribution in [2.45, 2.75) is 31.5 Å². The lowest BCUT2D eigenvalue weighted by molar-refractivity contribution is -0.274. The van der Waals surface area contributed by atoms with Gasteiger partial charge in [0.2, 0.25) is 0 Å². The number of benzene rings is 1. The van der Waals surface area contributed by atoms with Crippen LogP contribution in [-0.2, 0) is 9.59 Å². The Morgan fingerprint density at radius 1 is 1.00 bits per heavy atom. The lowest BCUT2D eigenvalue weighted by Gasteiger charge is -2.20. The number of Topliss-reactive ketones (excluding diaryl/α,β-unsaturated/α-hetero) is 2. The summed E-state index contributed by atoms with van der Waals surface area (Å²) in [5.74, 6) is -0.813. The van der Waals surface area contributed by atoms with Crippen LogP contribution in [-0.4, -0.2) is 17.9 Å². The van der Waals surface area contributed by atoms with Crippen molar-refractivity contribution in [1.29, 1.82) is 0 Å². The van der Waals surface area contributed by atoms with Gasteiger partial charge in [0.1, 0.15) is 17.3 Å². The van der Waals surface area contributed by atoms with Crippen LogP contribution in [0.15, 0.2) is 24.3 Å². The molecule has 0 aliphatic heterocycles. The van der Waals surface area contributed by atoms with E-state index in [0.29, 0.717) is 5.56 Å². The van der Waals surface area contributed by atoms with Gasteiger partial charge in [-0.05, 0) is 23.6 Å². The molecule has 1 fully saturated rings. The van der Waals surface area contributed by atoms with E-state index >= 15 is 0 Å². The molecule has 3 nitrogen and oxygen atoms in total. The first-order chi connectivity index (χ1) is 8.83. The second-order valence-corrected chi connectivity index (χ2v) is 4.48. The molecule has 0 N–H and O–H groups in total. The third-order valence-electron chi connectivity index (χ3n) is 2.93. The number of alkyl halides is 3. The summed E-state index contributed by atoms with van der Waals surface area (Å²) in [6, 6.07) is 5.29. The standard InChI is InChI=1S/C13H11F3O3/c14-13(15,16)19-12-3-1-8(2-4-12)9-5-10(17)7-11(18)6-9/h1-4,9H,5-7H2. The third-order valence-corrected chi connectivity index (χ3v) is 2.93. The summed E-state index contributed by atoms with van der Waals surface area (Å²) in [6.45, 7) is 0. The van der Waals surface area contributed by atoms with Gasteiger partial charge in [-0.2, -0.15) is 0 Å². The number of ether oxygens (including phenoxy) is 1. The fourth-order valence-electron chi connectivity index (χ4n) is 2.16. The lowest BCUT2D eigenvalue weighted by atomic mass is 9.83. The summed E-state index contributed by atoms with van der Waals surface area (Å²) in [6.07, 6.45) is -4.25. The highest BCUT2D eigenvalue weighted by Gasteiger charge is 2.31. The summed E-state index contributed by atoms with van der Waals surface area (Å²) in [4.78, 5) is 22.6. The van der Waals surface area contributed by atoms with Crippen molar-refractivity contribution in [3.63, 3.8) is 0 Å². The molecule has 0 radical (unpaired) electrons. The molecule has 1 aliphatic carbocycles. The van der Waals surface area contributed by atoms with Crippen LogP contribution in [0.2, 0.25) is 0 Å². The van der Waals surface area contributed by atoms with Gasteiger partial charge in [0.25, 0.3) is 0 Å². The predicted octanol–water partition coefficient (Wildman–Crippen LogP) is 2.99. The van der Waals surface area contributed by atoms with Crippen molar-refractivity contribution in [3.05, 3.63) is 29.8 Å². The minimum absolute atomic E-state index is 0.0359. The molecule has 1 aromatic rings. The summed E-state index contributed by atoms with van der Waals surface area (Å²) >= 11 is 0. The van der Waals surface area contributed by atoms with Gasteiger partial charge in [-0.15, -0.1) is 13.2 Å². The highest BCUT2D eigenvalue weighted by Crippen LogP contribution is 2.31.